The van der Waals surface area contributed by atoms with Crippen molar-refractivity contribution >= 4 is 73.8 Å². The Morgan fingerprint density at radius 2 is 1.93 bits per heavy atom. The summed E-state index contributed by atoms with van der Waals surface area (Å²) in [5, 5.41) is 8.03. The highest BCUT2D eigenvalue weighted by atomic mass is 127. The molecule has 0 aliphatic rings. The minimum Gasteiger partial charge on any atom is -0.443 e. The minimum absolute atomic E-state index is 0.00802. The zero-order valence-corrected chi connectivity index (χ0v) is 29.2. The lowest BCUT2D eigenvalue weighted by Gasteiger charge is -2.18. The maximum atomic E-state index is 13.2. The van der Waals surface area contributed by atoms with Crippen LogP contribution in [-0.4, -0.2) is 60.8 Å². The number of aromatic amines is 1. The predicted octanol–water partition coefficient (Wildman–Crippen LogP) is 2.98. The molecule has 15 nitrogen and oxygen atoms in total. The number of hydroxylamine groups is 1. The first-order valence-corrected chi connectivity index (χ1v) is 17.3. The fraction of sp³-hybridized carbons (Fsp3) is 0.357. The molecule has 2 aromatic heterocycles. The number of anilines is 1. The number of hydrogen-bond acceptors (Lipinski definition) is 11. The van der Waals surface area contributed by atoms with Gasteiger partial charge in [0, 0.05) is 27.3 Å². The second kappa shape index (κ2) is 16.6. The number of aromatic nitrogens is 2. The molecule has 18 heteroatoms. The number of benzene rings is 1. The van der Waals surface area contributed by atoms with E-state index >= 15 is 0 Å². The topological polar surface area (TPSA) is 210 Å². The van der Waals surface area contributed by atoms with Crippen molar-refractivity contribution in [2.45, 2.75) is 57.9 Å². The standard InChI is InChI=1S/C28H34IN7O8S2/c1-17-13-19(23(25(39)33-17)36-46(41,42)15-18-7-5-6-8-20(18)29)14-22(37)34-21(24(38)26-30-10-12-45-26)9-11-43-32-16-31-35-27(40)44-28(2,3)4/h5-8,10,12-13,16,21,36H,9,11,14-15H2,1-4H3,(H,31,32)(H,33,39)(H,34,37)(H,35,40)/t21-/m0/s1. The number of sulfonamides is 1. The minimum atomic E-state index is -4.04. The number of hydrogen-bond donors (Lipinski definition) is 5. The zero-order chi connectivity index (χ0) is 33.9. The Balaban J connectivity index is 1.67. The molecule has 2 amide bonds. The number of aryl methyl sites for hydroxylation is 1. The number of rotatable bonds is 15. The number of ether oxygens (including phenoxy) is 1. The molecule has 0 unspecified atom stereocenters. The fourth-order valence-corrected chi connectivity index (χ4v) is 6.62. The van der Waals surface area contributed by atoms with Crippen molar-refractivity contribution in [2.75, 3.05) is 11.3 Å². The van der Waals surface area contributed by atoms with Crippen molar-refractivity contribution in [1.29, 1.82) is 0 Å². The summed E-state index contributed by atoms with van der Waals surface area (Å²) in [5.74, 6) is -1.49. The van der Waals surface area contributed by atoms with Gasteiger partial charge in [0.15, 0.2) is 5.01 Å². The van der Waals surface area contributed by atoms with Crippen LogP contribution in [0.1, 0.15) is 53.8 Å². The van der Waals surface area contributed by atoms with Crippen molar-refractivity contribution in [2.24, 2.45) is 5.10 Å². The molecule has 248 valence electrons. The number of pyridine rings is 1. The molecule has 0 aliphatic heterocycles. The number of ketones is 1. The summed E-state index contributed by atoms with van der Waals surface area (Å²) in [5.41, 5.74) is 3.91. The van der Waals surface area contributed by atoms with Crippen molar-refractivity contribution in [3.05, 3.63) is 77.7 Å². The molecular formula is C28H34IN7O8S2. The van der Waals surface area contributed by atoms with Gasteiger partial charge in [-0.3, -0.25) is 29.4 Å². The van der Waals surface area contributed by atoms with E-state index in [2.05, 4.69) is 36.0 Å². The van der Waals surface area contributed by atoms with Crippen LogP contribution in [0.3, 0.4) is 0 Å². The van der Waals surface area contributed by atoms with Crippen LogP contribution < -0.4 is 26.5 Å². The molecule has 0 bridgehead atoms. The van der Waals surface area contributed by atoms with E-state index in [4.69, 9.17) is 9.57 Å². The highest BCUT2D eigenvalue weighted by Crippen LogP contribution is 2.19. The largest absolute Gasteiger partial charge is 0.443 e. The molecule has 0 radical (unpaired) electrons. The molecule has 0 saturated carbocycles. The summed E-state index contributed by atoms with van der Waals surface area (Å²) in [6, 6.07) is 7.34. The molecule has 5 N–H and O–H groups in total. The van der Waals surface area contributed by atoms with E-state index in [9.17, 15) is 27.6 Å². The van der Waals surface area contributed by atoms with E-state index in [1.165, 1.54) is 12.3 Å². The second-order valence-corrected chi connectivity index (χ2v) is 14.5. The third kappa shape index (κ3) is 12.1. The Hall–Kier alpha value is -3.88. The monoisotopic (exact) mass is 787 g/mol. The molecule has 3 rings (SSSR count). The van der Waals surface area contributed by atoms with Crippen LogP contribution in [0, 0.1) is 10.5 Å². The number of carbonyl (C=O) groups is 3. The number of nitrogens with zero attached hydrogens (tertiary/aromatic N) is 2. The highest BCUT2D eigenvalue weighted by molar-refractivity contribution is 14.1. The zero-order valence-electron chi connectivity index (χ0n) is 25.4. The Morgan fingerprint density at radius 1 is 1.20 bits per heavy atom. The molecule has 0 spiro atoms. The van der Waals surface area contributed by atoms with Gasteiger partial charge in [-0.15, -0.1) is 11.3 Å². The lowest BCUT2D eigenvalue weighted by atomic mass is 10.1. The fourth-order valence-electron chi connectivity index (χ4n) is 3.89. The van der Waals surface area contributed by atoms with Gasteiger partial charge in [-0.1, -0.05) is 18.2 Å². The molecule has 0 saturated heterocycles. The van der Waals surface area contributed by atoms with E-state index in [-0.39, 0.29) is 35.0 Å². The number of amides is 2. The molecular weight excluding hydrogens is 753 g/mol. The summed E-state index contributed by atoms with van der Waals surface area (Å²) in [6.07, 6.45) is 1.34. The first-order valence-electron chi connectivity index (χ1n) is 13.7. The van der Waals surface area contributed by atoms with Gasteiger partial charge in [0.1, 0.15) is 17.6 Å². The van der Waals surface area contributed by atoms with Gasteiger partial charge in [-0.2, -0.15) is 5.10 Å². The van der Waals surface area contributed by atoms with E-state index in [1.54, 1.807) is 57.3 Å². The Morgan fingerprint density at radius 3 is 2.61 bits per heavy atom. The summed E-state index contributed by atoms with van der Waals surface area (Å²) in [6.45, 7) is 6.63. The molecule has 1 aromatic carbocycles. The quantitative estimate of drug-likeness (QED) is 0.0380. The van der Waals surface area contributed by atoms with Crippen LogP contribution in [0.15, 0.2) is 51.8 Å². The molecule has 46 heavy (non-hydrogen) atoms. The van der Waals surface area contributed by atoms with E-state index in [0.29, 0.717) is 11.3 Å². The summed E-state index contributed by atoms with van der Waals surface area (Å²) in [7, 11) is -4.04. The van der Waals surface area contributed by atoms with Gasteiger partial charge in [0.25, 0.3) is 5.56 Å². The van der Waals surface area contributed by atoms with E-state index in [1.807, 2.05) is 22.6 Å². The normalized spacial score (nSPS) is 12.4. The first-order chi connectivity index (χ1) is 21.6. The number of halogens is 1. The smallest absolute Gasteiger partial charge is 0.428 e. The average Bonchev–Trinajstić information content (AvgIpc) is 3.49. The average molecular weight is 788 g/mol. The van der Waals surface area contributed by atoms with Gasteiger partial charge in [0.2, 0.25) is 21.7 Å². The molecule has 1 atom stereocenters. The number of thiazole rings is 1. The van der Waals surface area contributed by atoms with Gasteiger partial charge >= 0.3 is 6.09 Å². The summed E-state index contributed by atoms with van der Waals surface area (Å²) < 4.78 is 34.2. The number of Topliss-reactive ketones (excluding diaryl/α,β-unsaturated/α-hetero) is 1. The van der Waals surface area contributed by atoms with Crippen LogP contribution >= 0.6 is 33.9 Å². The third-order valence-electron chi connectivity index (χ3n) is 5.72. The number of nitrogens with one attached hydrogen (secondary N) is 5. The maximum Gasteiger partial charge on any atom is 0.428 e. The van der Waals surface area contributed by atoms with Gasteiger partial charge in [-0.05, 0) is 73.5 Å². The van der Waals surface area contributed by atoms with Crippen LogP contribution in [0.4, 0.5) is 10.5 Å². The van der Waals surface area contributed by atoms with Gasteiger partial charge in [0.05, 0.1) is 24.8 Å². The SMILES string of the molecule is Cc1cc(CC(=O)N[C@@H](CCONC=NNC(=O)OC(C)(C)C)C(=O)c2nccs2)c(NS(=O)(=O)Cc2ccccc2I)c(=O)[nH]1. The third-order valence-corrected chi connectivity index (χ3v) is 8.77. The second-order valence-electron chi connectivity index (χ2n) is 10.8. The van der Waals surface area contributed by atoms with Crippen molar-refractivity contribution < 1.29 is 32.4 Å². The number of hydrazone groups is 1. The summed E-state index contributed by atoms with van der Waals surface area (Å²) >= 11 is 3.12. The highest BCUT2D eigenvalue weighted by Gasteiger charge is 2.26. The maximum absolute atomic E-state index is 13.2. The van der Waals surface area contributed by atoms with Gasteiger partial charge in [-0.25, -0.2) is 23.6 Å². The first kappa shape index (κ1) is 36.6. The Kier molecular flexibility index (Phi) is 13.2. The van der Waals surface area contributed by atoms with Crippen molar-refractivity contribution in [3.63, 3.8) is 0 Å². The van der Waals surface area contributed by atoms with E-state index < -0.39 is 51.4 Å². The molecule has 2 heterocycles. The van der Waals surface area contributed by atoms with Gasteiger partial charge < -0.3 is 15.0 Å². The Labute approximate surface area is 283 Å². The van der Waals surface area contributed by atoms with Crippen LogP contribution in [0.2, 0.25) is 0 Å². The van der Waals surface area contributed by atoms with Crippen LogP contribution in [0.5, 0.6) is 0 Å². The van der Waals surface area contributed by atoms with Crippen LogP contribution in [-0.2, 0) is 36.6 Å². The predicted molar refractivity (Wildman–Crippen MR) is 181 cm³/mol. The molecule has 3 aromatic rings. The lowest BCUT2D eigenvalue weighted by molar-refractivity contribution is -0.121. The van der Waals surface area contributed by atoms with Crippen molar-refractivity contribution in [1.82, 2.24) is 26.2 Å². The number of H-pyrrole nitrogens is 1. The molecule has 0 aliphatic carbocycles. The van der Waals surface area contributed by atoms with E-state index in [0.717, 1.165) is 21.2 Å². The van der Waals surface area contributed by atoms with Crippen molar-refractivity contribution in [3.8, 4) is 0 Å². The Bertz CT molecular complexity index is 1720. The lowest BCUT2D eigenvalue weighted by Crippen LogP contribution is -2.43. The van der Waals surface area contributed by atoms with Crippen LogP contribution in [0.25, 0.3) is 0 Å². The summed E-state index contributed by atoms with van der Waals surface area (Å²) in [4.78, 5) is 62.6. The molecule has 0 fully saturated rings. The number of carbonyl (C=O) groups excluding carboxylic acids is 3.